The molecule has 5 nitrogen and oxygen atoms in total. The predicted octanol–water partition coefficient (Wildman–Crippen LogP) is -1.11. The summed E-state index contributed by atoms with van der Waals surface area (Å²) in [6.45, 7) is 0.901. The van der Waals surface area contributed by atoms with Gasteiger partial charge in [0.2, 0.25) is 0 Å². The summed E-state index contributed by atoms with van der Waals surface area (Å²) in [4.78, 5) is 9.89. The number of phosphoric ester groups is 1. The molecule has 0 aliphatic carbocycles. The minimum absolute atomic E-state index is 0.226. The van der Waals surface area contributed by atoms with Crippen LogP contribution in [-0.2, 0) is 13.6 Å². The predicted molar refractivity (Wildman–Crippen MR) is 40.5 cm³/mol. The second-order valence-corrected chi connectivity index (χ2v) is 4.00. The normalized spacial score (nSPS) is 16.8. The van der Waals surface area contributed by atoms with Crippen LogP contribution >= 0.6 is 7.82 Å². The summed E-state index contributed by atoms with van der Waals surface area (Å²) in [7, 11) is 1.26. The van der Waals surface area contributed by atoms with Crippen molar-refractivity contribution >= 4 is 7.82 Å². The van der Waals surface area contributed by atoms with E-state index in [9.17, 15) is 4.57 Å². The minimum atomic E-state index is -3.74. The number of rotatable bonds is 5. The van der Waals surface area contributed by atoms with Gasteiger partial charge in [-0.05, 0) is 0 Å². The van der Waals surface area contributed by atoms with Crippen molar-refractivity contribution in [1.29, 1.82) is 0 Å². The first-order valence-electron chi connectivity index (χ1n) is 3.30. The number of hydrogen-bond acceptors (Lipinski definition) is 3. The Hall–Kier alpha value is 0.0700. The van der Waals surface area contributed by atoms with E-state index in [0.29, 0.717) is 6.54 Å². The Labute approximate surface area is 66.5 Å². The molecule has 1 unspecified atom stereocenters. The summed E-state index contributed by atoms with van der Waals surface area (Å²) in [6.07, 6.45) is 0. The number of quaternary nitrogens is 1. The van der Waals surface area contributed by atoms with Crippen LogP contribution in [0.15, 0.2) is 0 Å². The first-order valence-corrected chi connectivity index (χ1v) is 4.79. The molecule has 6 heteroatoms. The van der Waals surface area contributed by atoms with Crippen LogP contribution in [0.25, 0.3) is 0 Å². The van der Waals surface area contributed by atoms with Gasteiger partial charge in [-0.2, -0.15) is 0 Å². The number of likely N-dealkylation sites (N-methyl/N-ethyl adjacent to an activating group) is 1. The van der Waals surface area contributed by atoms with Crippen LogP contribution in [-0.4, -0.2) is 39.3 Å². The van der Waals surface area contributed by atoms with Gasteiger partial charge in [-0.15, -0.1) is 0 Å². The average Bonchev–Trinajstić information content (AvgIpc) is 1.87. The maximum absolute atomic E-state index is 10.7. The number of phosphoric acid groups is 1. The van der Waals surface area contributed by atoms with Crippen molar-refractivity contribution in [2.75, 3.05) is 34.4 Å². The van der Waals surface area contributed by atoms with Crippen molar-refractivity contribution in [1.82, 2.24) is 0 Å². The smallest absolute Gasteiger partial charge is 0.338 e. The maximum Gasteiger partial charge on any atom is 0.472 e. The van der Waals surface area contributed by atoms with Gasteiger partial charge >= 0.3 is 7.82 Å². The lowest BCUT2D eigenvalue weighted by atomic mass is 10.6. The van der Waals surface area contributed by atoms with Crippen LogP contribution in [0, 0.1) is 0 Å². The molecule has 68 valence electrons. The zero-order valence-electron chi connectivity index (χ0n) is 7.03. The lowest BCUT2D eigenvalue weighted by molar-refractivity contribution is -0.858. The SMILES string of the molecule is COP(=O)(O)OCC[NH+](C)C. The largest absolute Gasteiger partial charge is 0.472 e. The quantitative estimate of drug-likeness (QED) is 0.532. The highest BCUT2D eigenvalue weighted by molar-refractivity contribution is 7.47. The molecule has 0 aromatic carbocycles. The summed E-state index contributed by atoms with van der Waals surface area (Å²) in [5, 5.41) is 0. The molecule has 0 aromatic rings. The summed E-state index contributed by atoms with van der Waals surface area (Å²) in [5.74, 6) is 0. The molecule has 0 amide bonds. The van der Waals surface area contributed by atoms with Gasteiger partial charge in [-0.1, -0.05) is 0 Å². The van der Waals surface area contributed by atoms with E-state index in [0.717, 1.165) is 12.0 Å². The Morgan fingerprint density at radius 2 is 2.09 bits per heavy atom. The van der Waals surface area contributed by atoms with Crippen molar-refractivity contribution in [3.63, 3.8) is 0 Å². The first-order chi connectivity index (χ1) is 4.98. The van der Waals surface area contributed by atoms with Crippen LogP contribution in [0.2, 0.25) is 0 Å². The third-order valence-corrected chi connectivity index (χ3v) is 2.06. The lowest BCUT2D eigenvalue weighted by Gasteiger charge is -2.10. The van der Waals surface area contributed by atoms with Crippen LogP contribution < -0.4 is 4.90 Å². The molecule has 0 heterocycles. The van der Waals surface area contributed by atoms with Crippen LogP contribution in [0.1, 0.15) is 0 Å². The van der Waals surface area contributed by atoms with Gasteiger partial charge in [0.1, 0.15) is 13.2 Å². The highest BCUT2D eigenvalue weighted by Crippen LogP contribution is 2.41. The van der Waals surface area contributed by atoms with Crippen LogP contribution in [0.5, 0.6) is 0 Å². The standard InChI is InChI=1S/C5H14NO4P/c1-6(2)4-5-10-11(7,8)9-3/h4-5H2,1-3H3,(H,7,8)/p+1. The van der Waals surface area contributed by atoms with Crippen molar-refractivity contribution < 1.29 is 23.4 Å². The fraction of sp³-hybridized carbons (Fsp3) is 1.00. The Kier molecular flexibility index (Phi) is 4.88. The average molecular weight is 184 g/mol. The van der Waals surface area contributed by atoms with E-state index in [-0.39, 0.29) is 6.61 Å². The molecule has 0 radical (unpaired) electrons. The van der Waals surface area contributed by atoms with E-state index >= 15 is 0 Å². The van der Waals surface area contributed by atoms with Gasteiger partial charge in [0.15, 0.2) is 0 Å². The highest BCUT2D eigenvalue weighted by Gasteiger charge is 2.17. The van der Waals surface area contributed by atoms with Crippen LogP contribution in [0.4, 0.5) is 0 Å². The summed E-state index contributed by atoms with van der Waals surface area (Å²) in [5.41, 5.74) is 0. The first kappa shape index (κ1) is 11.1. The molecule has 0 fully saturated rings. The monoisotopic (exact) mass is 184 g/mol. The molecule has 2 N–H and O–H groups in total. The van der Waals surface area contributed by atoms with Gasteiger partial charge in [-0.3, -0.25) is 9.05 Å². The maximum atomic E-state index is 10.7. The van der Waals surface area contributed by atoms with E-state index in [1.165, 1.54) is 0 Å². The number of hydrogen-bond donors (Lipinski definition) is 2. The molecule has 0 saturated heterocycles. The minimum Gasteiger partial charge on any atom is -0.338 e. The molecule has 0 bridgehead atoms. The molecular formula is C5H15NO4P+. The van der Waals surface area contributed by atoms with Gasteiger partial charge in [0, 0.05) is 7.11 Å². The van der Waals surface area contributed by atoms with Crippen molar-refractivity contribution in [3.05, 3.63) is 0 Å². The molecule has 0 aliphatic rings. The van der Waals surface area contributed by atoms with Crippen LogP contribution in [0.3, 0.4) is 0 Å². The second kappa shape index (κ2) is 4.85. The molecule has 0 aliphatic heterocycles. The Morgan fingerprint density at radius 3 is 2.45 bits per heavy atom. The molecule has 0 saturated carbocycles. The third kappa shape index (κ3) is 6.47. The lowest BCUT2D eigenvalue weighted by Crippen LogP contribution is -3.06. The van der Waals surface area contributed by atoms with E-state index in [4.69, 9.17) is 4.89 Å². The fourth-order valence-electron chi connectivity index (χ4n) is 0.418. The van der Waals surface area contributed by atoms with Gasteiger partial charge in [0.25, 0.3) is 0 Å². The Balaban J connectivity index is 3.46. The van der Waals surface area contributed by atoms with E-state index in [1.807, 2.05) is 14.1 Å². The van der Waals surface area contributed by atoms with Gasteiger partial charge < -0.3 is 9.79 Å². The van der Waals surface area contributed by atoms with Crippen molar-refractivity contribution in [2.24, 2.45) is 0 Å². The molecule has 11 heavy (non-hydrogen) atoms. The molecule has 0 spiro atoms. The zero-order chi connectivity index (χ0) is 8.91. The molecule has 0 aromatic heterocycles. The zero-order valence-corrected chi connectivity index (χ0v) is 7.93. The van der Waals surface area contributed by atoms with Gasteiger partial charge in [-0.25, -0.2) is 4.57 Å². The van der Waals surface area contributed by atoms with E-state index in [1.54, 1.807) is 0 Å². The van der Waals surface area contributed by atoms with Crippen molar-refractivity contribution in [2.45, 2.75) is 0 Å². The summed E-state index contributed by atoms with van der Waals surface area (Å²) >= 11 is 0. The Morgan fingerprint density at radius 1 is 1.55 bits per heavy atom. The fourth-order valence-corrected chi connectivity index (χ4v) is 0.845. The molecule has 0 rings (SSSR count). The second-order valence-electron chi connectivity index (χ2n) is 2.44. The summed E-state index contributed by atoms with van der Waals surface area (Å²) < 4.78 is 19.4. The molecular weight excluding hydrogens is 169 g/mol. The van der Waals surface area contributed by atoms with E-state index in [2.05, 4.69) is 9.05 Å². The number of nitrogens with one attached hydrogen (secondary N) is 1. The van der Waals surface area contributed by atoms with Gasteiger partial charge in [0.05, 0.1) is 14.1 Å². The highest BCUT2D eigenvalue weighted by atomic mass is 31.2. The molecule has 1 atom stereocenters. The topological polar surface area (TPSA) is 60.2 Å². The Bertz CT molecular complexity index is 149. The van der Waals surface area contributed by atoms with E-state index < -0.39 is 7.82 Å². The van der Waals surface area contributed by atoms with Crippen molar-refractivity contribution in [3.8, 4) is 0 Å². The third-order valence-electron chi connectivity index (χ3n) is 1.09. The summed E-state index contributed by atoms with van der Waals surface area (Å²) in [6, 6.07) is 0.